The van der Waals surface area contributed by atoms with Crippen LogP contribution in [0.3, 0.4) is 0 Å². The van der Waals surface area contributed by atoms with Crippen LogP contribution in [0.1, 0.15) is 66.8 Å². The van der Waals surface area contributed by atoms with Gasteiger partial charge in [-0.1, -0.05) is 86.7 Å². The highest BCUT2D eigenvalue weighted by molar-refractivity contribution is 5.89. The molecule has 0 saturated carbocycles. The molecular weight excluding hydrogens is 448 g/mol. The highest BCUT2D eigenvalue weighted by atomic mass is 19.3. The van der Waals surface area contributed by atoms with E-state index in [0.29, 0.717) is 17.5 Å². The fourth-order valence-electron chi connectivity index (χ4n) is 4.31. The van der Waals surface area contributed by atoms with Crippen molar-refractivity contribution in [2.45, 2.75) is 45.0 Å². The predicted octanol–water partition coefficient (Wildman–Crippen LogP) is 8.95. The molecule has 0 aliphatic heterocycles. The maximum atomic E-state index is 15.0. The molecule has 0 N–H and O–H groups in total. The molecule has 178 valence electrons. The lowest BCUT2D eigenvalue weighted by Crippen LogP contribution is -2.17. The van der Waals surface area contributed by atoms with Gasteiger partial charge in [-0.2, -0.15) is 0 Å². The van der Waals surface area contributed by atoms with Gasteiger partial charge in [0.2, 0.25) is 0 Å². The molecule has 0 aromatic heterocycles. The molecule has 35 heavy (non-hydrogen) atoms. The van der Waals surface area contributed by atoms with Gasteiger partial charge in [-0.15, -0.1) is 0 Å². The van der Waals surface area contributed by atoms with Gasteiger partial charge in [-0.05, 0) is 52.6 Å². The number of hydrogen-bond donors (Lipinski definition) is 0. The van der Waals surface area contributed by atoms with Crippen molar-refractivity contribution in [3.8, 4) is 11.8 Å². The summed E-state index contributed by atoms with van der Waals surface area (Å²) in [6.45, 7) is 3.86. The van der Waals surface area contributed by atoms with E-state index in [-0.39, 0.29) is 17.9 Å². The number of unbranched alkanes of at least 4 members (excludes halogenated alkanes) is 1. The minimum Gasteiger partial charge on any atom is -0.204 e. The molecule has 4 aromatic rings. The third-order valence-corrected chi connectivity index (χ3v) is 6.33. The van der Waals surface area contributed by atoms with Crippen LogP contribution in [0.4, 0.5) is 17.6 Å². The monoisotopic (exact) mass is 474 g/mol. The summed E-state index contributed by atoms with van der Waals surface area (Å²) in [4.78, 5) is 0. The fourth-order valence-corrected chi connectivity index (χ4v) is 4.31. The summed E-state index contributed by atoms with van der Waals surface area (Å²) < 4.78 is 56.7. The molecule has 4 heteroatoms. The zero-order chi connectivity index (χ0) is 25.0. The van der Waals surface area contributed by atoms with E-state index in [2.05, 4.69) is 11.8 Å². The molecule has 0 spiro atoms. The van der Waals surface area contributed by atoms with E-state index in [1.165, 1.54) is 12.1 Å². The van der Waals surface area contributed by atoms with Crippen LogP contribution in [0.25, 0.3) is 10.8 Å². The topological polar surface area (TPSA) is 0 Å². The summed E-state index contributed by atoms with van der Waals surface area (Å²) >= 11 is 0. The summed E-state index contributed by atoms with van der Waals surface area (Å²) in [6, 6.07) is 21.9. The number of fused-ring (bicyclic) bond motifs is 1. The summed E-state index contributed by atoms with van der Waals surface area (Å²) in [5, 5.41) is 1.83. The number of benzene rings is 4. The zero-order valence-corrected chi connectivity index (χ0v) is 19.7. The van der Waals surface area contributed by atoms with Crippen LogP contribution in [-0.4, -0.2) is 0 Å². The summed E-state index contributed by atoms with van der Waals surface area (Å²) in [7, 11) is 0. The van der Waals surface area contributed by atoms with Gasteiger partial charge >= 0.3 is 0 Å². The largest absolute Gasteiger partial charge is 0.273 e. The molecule has 0 saturated heterocycles. The molecule has 0 amide bonds. The Hall–Kier alpha value is -3.58. The molecule has 0 aliphatic carbocycles. The fraction of sp³-hybridized carbons (Fsp3) is 0.226. The zero-order valence-electron chi connectivity index (χ0n) is 19.7. The molecular formula is C31H26F4. The highest BCUT2D eigenvalue weighted by Crippen LogP contribution is 2.40. The van der Waals surface area contributed by atoms with E-state index in [4.69, 9.17) is 0 Å². The Kier molecular flexibility index (Phi) is 7.26. The number of alkyl halides is 2. The van der Waals surface area contributed by atoms with Gasteiger partial charge in [-0.25, -0.2) is 17.6 Å². The van der Waals surface area contributed by atoms with Gasteiger partial charge in [0.15, 0.2) is 11.6 Å². The first-order valence-electron chi connectivity index (χ1n) is 11.8. The van der Waals surface area contributed by atoms with Crippen molar-refractivity contribution in [2.24, 2.45) is 0 Å². The van der Waals surface area contributed by atoms with Crippen LogP contribution in [0.5, 0.6) is 0 Å². The molecule has 0 heterocycles. The van der Waals surface area contributed by atoms with Crippen molar-refractivity contribution in [3.05, 3.63) is 118 Å². The van der Waals surface area contributed by atoms with Gasteiger partial charge in [0.25, 0.3) is 5.92 Å². The second-order valence-electron chi connectivity index (χ2n) is 8.78. The van der Waals surface area contributed by atoms with Crippen LogP contribution in [0.2, 0.25) is 0 Å². The first kappa shape index (κ1) is 24.5. The lowest BCUT2D eigenvalue weighted by atomic mass is 9.85. The Morgan fingerprint density at radius 2 is 1.63 bits per heavy atom. The molecule has 1 atom stereocenters. The summed E-state index contributed by atoms with van der Waals surface area (Å²) in [5.41, 5.74) is 2.78. The number of hydrogen-bond acceptors (Lipinski definition) is 0. The number of halogens is 4. The minimum absolute atomic E-state index is 0.0900. The molecule has 1 unspecified atom stereocenters. The summed E-state index contributed by atoms with van der Waals surface area (Å²) in [6.07, 6.45) is 1.03. The van der Waals surface area contributed by atoms with Gasteiger partial charge < -0.3 is 0 Å². The van der Waals surface area contributed by atoms with Crippen molar-refractivity contribution < 1.29 is 17.6 Å². The average Bonchev–Trinajstić information content (AvgIpc) is 2.87. The van der Waals surface area contributed by atoms with E-state index in [0.717, 1.165) is 40.5 Å². The second kappa shape index (κ2) is 10.4. The van der Waals surface area contributed by atoms with E-state index < -0.39 is 17.6 Å². The minimum atomic E-state index is -2.87. The van der Waals surface area contributed by atoms with Crippen LogP contribution < -0.4 is 0 Å². The van der Waals surface area contributed by atoms with E-state index >= 15 is 0 Å². The van der Waals surface area contributed by atoms with Gasteiger partial charge in [0.1, 0.15) is 0 Å². The third-order valence-electron chi connectivity index (χ3n) is 6.33. The Morgan fingerprint density at radius 1 is 0.829 bits per heavy atom. The maximum absolute atomic E-state index is 15.0. The molecule has 0 radical (unpaired) electrons. The highest BCUT2D eigenvalue weighted by Gasteiger charge is 2.34. The quantitative estimate of drug-likeness (QED) is 0.193. The van der Waals surface area contributed by atoms with E-state index in [1.54, 1.807) is 18.2 Å². The molecule has 0 bridgehead atoms. The molecule has 4 aromatic carbocycles. The molecule has 0 fully saturated rings. The van der Waals surface area contributed by atoms with Gasteiger partial charge in [-0.3, -0.25) is 0 Å². The Balaban J connectivity index is 1.68. The average molecular weight is 475 g/mol. The Labute approximate surface area is 203 Å². The Bertz CT molecular complexity index is 1410. The molecule has 0 nitrogen and oxygen atoms in total. The summed E-state index contributed by atoms with van der Waals surface area (Å²) in [5.74, 6) is 0.983. The van der Waals surface area contributed by atoms with Crippen LogP contribution in [0, 0.1) is 23.5 Å². The standard InChI is InChI=1S/C31H26F4/c1-3-4-18-31(34,35)28-11-6-5-10-26(28)21(2)24-15-16-27-23(8-7-9-25(27)20-24)14-12-22-13-17-29(32)30(33)19-22/h5-11,13,15-17,19-21H,3-4,18H2,1-2H3. The lowest BCUT2D eigenvalue weighted by Gasteiger charge is -2.23. The van der Waals surface area contributed by atoms with Crippen molar-refractivity contribution >= 4 is 10.8 Å². The molecule has 4 rings (SSSR count). The number of rotatable bonds is 6. The lowest BCUT2D eigenvalue weighted by molar-refractivity contribution is -0.0163. The molecule has 0 aliphatic rings. The van der Waals surface area contributed by atoms with Gasteiger partial charge in [0, 0.05) is 29.0 Å². The SMILES string of the molecule is CCCCC(F)(F)c1ccccc1C(C)c1ccc2c(C#Cc3ccc(F)c(F)c3)cccc2c1. The Morgan fingerprint density at radius 3 is 2.40 bits per heavy atom. The van der Waals surface area contributed by atoms with Crippen LogP contribution in [-0.2, 0) is 5.92 Å². The first-order valence-corrected chi connectivity index (χ1v) is 11.8. The third kappa shape index (κ3) is 5.41. The maximum Gasteiger partial charge on any atom is 0.273 e. The van der Waals surface area contributed by atoms with Gasteiger partial charge in [0.05, 0.1) is 0 Å². The van der Waals surface area contributed by atoms with Crippen LogP contribution in [0.15, 0.2) is 78.9 Å². The van der Waals surface area contributed by atoms with Crippen LogP contribution >= 0.6 is 0 Å². The van der Waals surface area contributed by atoms with E-state index in [1.807, 2.05) is 50.2 Å². The van der Waals surface area contributed by atoms with Crippen molar-refractivity contribution in [1.29, 1.82) is 0 Å². The van der Waals surface area contributed by atoms with Crippen molar-refractivity contribution in [3.63, 3.8) is 0 Å². The predicted molar refractivity (Wildman–Crippen MR) is 134 cm³/mol. The van der Waals surface area contributed by atoms with E-state index in [9.17, 15) is 17.6 Å². The smallest absolute Gasteiger partial charge is 0.204 e. The second-order valence-corrected chi connectivity index (χ2v) is 8.78. The van der Waals surface area contributed by atoms with Crippen molar-refractivity contribution in [2.75, 3.05) is 0 Å². The van der Waals surface area contributed by atoms with Crippen molar-refractivity contribution in [1.82, 2.24) is 0 Å². The first-order chi connectivity index (χ1) is 16.8. The normalized spacial score (nSPS) is 12.3.